The number of rotatable bonds is 9. The molecule has 6 heteroatoms. The Hall–Kier alpha value is -3.12. The maximum Gasteiger partial charge on any atom is 0.236 e. The first-order valence-corrected chi connectivity index (χ1v) is 10.7. The van der Waals surface area contributed by atoms with E-state index in [1.165, 1.54) is 0 Å². The minimum Gasteiger partial charge on any atom is -0.497 e. The fourth-order valence-electron chi connectivity index (χ4n) is 3.80. The summed E-state index contributed by atoms with van der Waals surface area (Å²) < 4.78 is 5.21. The fraction of sp³-hybridized carbons (Fsp3) is 0.360. The Morgan fingerprint density at radius 3 is 2.42 bits per heavy atom. The first-order chi connectivity index (χ1) is 15.1. The number of methoxy groups -OCH3 is 1. The molecule has 0 saturated carbocycles. The van der Waals surface area contributed by atoms with Gasteiger partial charge in [-0.05, 0) is 42.7 Å². The Morgan fingerprint density at radius 1 is 1.13 bits per heavy atom. The van der Waals surface area contributed by atoms with Crippen LogP contribution >= 0.6 is 0 Å². The predicted molar refractivity (Wildman–Crippen MR) is 123 cm³/mol. The number of nitrogens with one attached hydrogen (secondary N) is 1. The van der Waals surface area contributed by atoms with Crippen molar-refractivity contribution in [3.8, 4) is 5.75 Å². The maximum atomic E-state index is 12.9. The van der Waals surface area contributed by atoms with Crippen molar-refractivity contribution in [1.82, 2.24) is 9.80 Å². The number of nitrogens with zero attached hydrogens (tertiary/aromatic N) is 2. The summed E-state index contributed by atoms with van der Waals surface area (Å²) >= 11 is 0. The van der Waals surface area contributed by atoms with E-state index in [-0.39, 0.29) is 17.7 Å². The molecule has 0 atom stereocenters. The summed E-state index contributed by atoms with van der Waals surface area (Å²) in [6, 6.07) is 17.4. The Labute approximate surface area is 184 Å². The average molecular weight is 422 g/mol. The van der Waals surface area contributed by atoms with Crippen LogP contribution in [0, 0.1) is 5.92 Å². The van der Waals surface area contributed by atoms with E-state index in [0.29, 0.717) is 45.6 Å². The first kappa shape index (κ1) is 22.6. The average Bonchev–Trinajstić information content (AvgIpc) is 2.80. The Bertz CT molecular complexity index is 859. The molecule has 1 aliphatic heterocycles. The number of hydrogen-bond donors (Lipinski definition) is 1. The fourth-order valence-corrected chi connectivity index (χ4v) is 3.80. The van der Waals surface area contributed by atoms with Gasteiger partial charge in [-0.1, -0.05) is 36.4 Å². The number of ether oxygens (including phenoxy) is 1. The third-order valence-corrected chi connectivity index (χ3v) is 5.57. The molecule has 1 saturated heterocycles. The number of para-hydroxylation sites is 1. The normalized spacial score (nSPS) is 14.3. The molecular formula is C25H31N3O3. The number of carbonyl (C=O) groups excluding carboxylic acids is 2. The third kappa shape index (κ3) is 6.69. The van der Waals surface area contributed by atoms with Crippen molar-refractivity contribution in [2.45, 2.75) is 19.4 Å². The molecule has 1 aliphatic rings. The summed E-state index contributed by atoms with van der Waals surface area (Å²) in [5, 5.41) is 2.97. The van der Waals surface area contributed by atoms with Crippen molar-refractivity contribution >= 4 is 17.5 Å². The number of hydrogen-bond acceptors (Lipinski definition) is 4. The van der Waals surface area contributed by atoms with Crippen molar-refractivity contribution in [1.29, 1.82) is 0 Å². The van der Waals surface area contributed by atoms with Crippen LogP contribution in [0.1, 0.15) is 18.4 Å². The van der Waals surface area contributed by atoms with Crippen LogP contribution in [0.5, 0.6) is 5.75 Å². The van der Waals surface area contributed by atoms with Crippen LogP contribution in [-0.2, 0) is 16.1 Å². The van der Waals surface area contributed by atoms with Gasteiger partial charge in [-0.2, -0.15) is 0 Å². The predicted octanol–water partition coefficient (Wildman–Crippen LogP) is 3.56. The molecule has 0 unspecified atom stereocenters. The van der Waals surface area contributed by atoms with Gasteiger partial charge in [0.25, 0.3) is 0 Å². The quantitative estimate of drug-likeness (QED) is 0.629. The summed E-state index contributed by atoms with van der Waals surface area (Å²) in [7, 11) is 1.65. The van der Waals surface area contributed by atoms with E-state index in [0.717, 1.165) is 17.0 Å². The highest BCUT2D eigenvalue weighted by Gasteiger charge is 2.28. The van der Waals surface area contributed by atoms with E-state index < -0.39 is 0 Å². The SMILES string of the molecule is C=CCN(CC(=O)N1CCC(C(=O)Nc2ccccc2)CC1)Cc1ccc(OC)cc1. The number of carbonyl (C=O) groups is 2. The Balaban J connectivity index is 1.48. The van der Waals surface area contributed by atoms with Gasteiger partial charge >= 0.3 is 0 Å². The molecule has 0 radical (unpaired) electrons. The highest BCUT2D eigenvalue weighted by atomic mass is 16.5. The number of amides is 2. The lowest BCUT2D eigenvalue weighted by molar-refractivity contribution is -0.135. The van der Waals surface area contributed by atoms with Crippen LogP contribution in [0.2, 0.25) is 0 Å². The van der Waals surface area contributed by atoms with Gasteiger partial charge in [-0.15, -0.1) is 6.58 Å². The second-order valence-electron chi connectivity index (χ2n) is 7.82. The second-order valence-corrected chi connectivity index (χ2v) is 7.82. The van der Waals surface area contributed by atoms with E-state index in [9.17, 15) is 9.59 Å². The molecule has 31 heavy (non-hydrogen) atoms. The van der Waals surface area contributed by atoms with Crippen molar-refractivity contribution in [3.05, 3.63) is 72.8 Å². The summed E-state index contributed by atoms with van der Waals surface area (Å²) in [5.74, 6) is 0.880. The van der Waals surface area contributed by atoms with Crippen molar-refractivity contribution in [2.24, 2.45) is 5.92 Å². The largest absolute Gasteiger partial charge is 0.497 e. The second kappa shape index (κ2) is 11.3. The molecule has 2 aromatic carbocycles. The lowest BCUT2D eigenvalue weighted by Crippen LogP contribution is -2.45. The molecule has 2 aromatic rings. The van der Waals surface area contributed by atoms with Gasteiger partial charge in [-0.3, -0.25) is 14.5 Å². The summed E-state index contributed by atoms with van der Waals surface area (Å²) in [4.78, 5) is 29.3. The molecule has 1 N–H and O–H groups in total. The summed E-state index contributed by atoms with van der Waals surface area (Å²) in [5.41, 5.74) is 1.93. The molecule has 0 spiro atoms. The lowest BCUT2D eigenvalue weighted by atomic mass is 9.95. The maximum absolute atomic E-state index is 12.9. The van der Waals surface area contributed by atoms with Gasteiger partial charge in [0.15, 0.2) is 0 Å². The van der Waals surface area contributed by atoms with E-state index in [1.807, 2.05) is 65.6 Å². The van der Waals surface area contributed by atoms with Gasteiger partial charge in [0.2, 0.25) is 11.8 Å². The highest BCUT2D eigenvalue weighted by Crippen LogP contribution is 2.20. The minimum absolute atomic E-state index is 0.0334. The first-order valence-electron chi connectivity index (χ1n) is 10.7. The number of anilines is 1. The molecule has 1 heterocycles. The number of piperidine rings is 1. The zero-order chi connectivity index (χ0) is 22.1. The van der Waals surface area contributed by atoms with Crippen molar-refractivity contribution in [3.63, 3.8) is 0 Å². The van der Waals surface area contributed by atoms with Crippen LogP contribution in [-0.4, -0.2) is 54.9 Å². The topological polar surface area (TPSA) is 61.9 Å². The van der Waals surface area contributed by atoms with E-state index >= 15 is 0 Å². The van der Waals surface area contributed by atoms with E-state index in [2.05, 4.69) is 16.8 Å². The number of likely N-dealkylation sites (tertiary alicyclic amines) is 1. The van der Waals surface area contributed by atoms with Crippen LogP contribution in [0.4, 0.5) is 5.69 Å². The van der Waals surface area contributed by atoms with Gasteiger partial charge < -0.3 is 15.0 Å². The monoisotopic (exact) mass is 421 g/mol. The molecule has 164 valence electrons. The molecule has 6 nitrogen and oxygen atoms in total. The van der Waals surface area contributed by atoms with Gasteiger partial charge in [0.1, 0.15) is 5.75 Å². The summed E-state index contributed by atoms with van der Waals surface area (Å²) in [6.07, 6.45) is 3.19. The summed E-state index contributed by atoms with van der Waals surface area (Å²) in [6.45, 7) is 6.67. The minimum atomic E-state index is -0.0622. The van der Waals surface area contributed by atoms with Gasteiger partial charge in [0.05, 0.1) is 13.7 Å². The van der Waals surface area contributed by atoms with Crippen molar-refractivity contribution in [2.75, 3.05) is 38.6 Å². The van der Waals surface area contributed by atoms with Crippen LogP contribution in [0.3, 0.4) is 0 Å². The Morgan fingerprint density at radius 2 is 1.81 bits per heavy atom. The zero-order valence-corrected chi connectivity index (χ0v) is 18.1. The highest BCUT2D eigenvalue weighted by molar-refractivity contribution is 5.92. The third-order valence-electron chi connectivity index (χ3n) is 5.57. The van der Waals surface area contributed by atoms with Gasteiger partial charge in [0, 0.05) is 37.8 Å². The van der Waals surface area contributed by atoms with Gasteiger partial charge in [-0.25, -0.2) is 0 Å². The smallest absolute Gasteiger partial charge is 0.236 e. The zero-order valence-electron chi connectivity index (χ0n) is 18.1. The van der Waals surface area contributed by atoms with Crippen LogP contribution < -0.4 is 10.1 Å². The molecule has 2 amide bonds. The van der Waals surface area contributed by atoms with E-state index in [4.69, 9.17) is 4.74 Å². The standard InChI is InChI=1S/C25H31N3O3/c1-3-15-27(18-20-9-11-23(31-2)12-10-20)19-24(29)28-16-13-21(14-17-28)25(30)26-22-7-5-4-6-8-22/h3-12,21H,1,13-19H2,2H3,(H,26,30). The molecule has 1 fully saturated rings. The molecule has 0 bridgehead atoms. The van der Waals surface area contributed by atoms with Crippen LogP contribution in [0.15, 0.2) is 67.3 Å². The Kier molecular flexibility index (Phi) is 8.24. The molecule has 0 aliphatic carbocycles. The number of benzene rings is 2. The molecule has 3 rings (SSSR count). The van der Waals surface area contributed by atoms with Crippen LogP contribution in [0.25, 0.3) is 0 Å². The van der Waals surface area contributed by atoms with E-state index in [1.54, 1.807) is 7.11 Å². The molecular weight excluding hydrogens is 390 g/mol. The lowest BCUT2D eigenvalue weighted by Gasteiger charge is -2.33. The van der Waals surface area contributed by atoms with Crippen molar-refractivity contribution < 1.29 is 14.3 Å². The molecule has 0 aromatic heterocycles.